The Labute approximate surface area is 144 Å². The molecule has 0 radical (unpaired) electrons. The third-order valence-corrected chi connectivity index (χ3v) is 3.15. The van der Waals surface area contributed by atoms with Gasteiger partial charge in [-0.05, 0) is 18.2 Å². The highest BCUT2D eigenvalue weighted by molar-refractivity contribution is 9.10. The van der Waals surface area contributed by atoms with Gasteiger partial charge >= 0.3 is 0 Å². The van der Waals surface area contributed by atoms with Gasteiger partial charge in [-0.3, -0.25) is 4.79 Å². The van der Waals surface area contributed by atoms with E-state index in [0.29, 0.717) is 30.5 Å². The third kappa shape index (κ3) is 9.16. The largest absolute Gasteiger partial charge is 0.482 e. The number of halogens is 3. The number of nitrogens with one attached hydrogen (secondary N) is 2. The Kier molecular flexibility index (Phi) is 11.8. The summed E-state index contributed by atoms with van der Waals surface area (Å²) in [5, 5.41) is 6.33. The van der Waals surface area contributed by atoms with Crippen molar-refractivity contribution >= 4 is 45.8 Å². The highest BCUT2D eigenvalue weighted by atomic mass is 79.9. The van der Waals surface area contributed by atoms with Gasteiger partial charge in [-0.2, -0.15) is 0 Å². The molecule has 1 aromatic carbocycles. The maximum Gasteiger partial charge on any atom is 0.257 e. The summed E-state index contributed by atoms with van der Waals surface area (Å²) in [6.07, 6.45) is 0. The number of amides is 1. The molecule has 21 heavy (non-hydrogen) atoms. The third-order valence-electron chi connectivity index (χ3n) is 2.36. The van der Waals surface area contributed by atoms with Crippen molar-refractivity contribution < 1.29 is 14.3 Å². The van der Waals surface area contributed by atoms with E-state index in [4.69, 9.17) is 21.1 Å². The number of benzene rings is 1. The van der Waals surface area contributed by atoms with Crippen molar-refractivity contribution in [2.24, 2.45) is 0 Å². The summed E-state index contributed by atoms with van der Waals surface area (Å²) < 4.78 is 11.1. The Morgan fingerprint density at radius 3 is 2.76 bits per heavy atom. The lowest BCUT2D eigenvalue weighted by Gasteiger charge is -2.09. The van der Waals surface area contributed by atoms with Crippen LogP contribution in [0.25, 0.3) is 0 Å². The fraction of sp³-hybridized carbons (Fsp3) is 0.462. The zero-order valence-electron chi connectivity index (χ0n) is 11.7. The van der Waals surface area contributed by atoms with E-state index in [9.17, 15) is 4.79 Å². The molecule has 0 unspecified atom stereocenters. The predicted octanol–water partition coefficient (Wildman–Crippen LogP) is 2.26. The summed E-state index contributed by atoms with van der Waals surface area (Å²) in [4.78, 5) is 11.5. The number of hydrogen-bond donors (Lipinski definition) is 2. The number of hydrogen-bond acceptors (Lipinski definition) is 4. The quantitative estimate of drug-likeness (QED) is 0.623. The van der Waals surface area contributed by atoms with Gasteiger partial charge in [0.15, 0.2) is 6.61 Å². The molecule has 0 spiro atoms. The summed E-state index contributed by atoms with van der Waals surface area (Å²) in [7, 11) is 1.65. The molecule has 0 saturated carbocycles. The Hall–Kier alpha value is -0.530. The molecule has 0 aliphatic carbocycles. The predicted molar refractivity (Wildman–Crippen MR) is 89.7 cm³/mol. The van der Waals surface area contributed by atoms with Gasteiger partial charge in [0.2, 0.25) is 0 Å². The first-order valence-electron chi connectivity index (χ1n) is 6.17. The molecule has 1 rings (SSSR count). The van der Waals surface area contributed by atoms with Gasteiger partial charge in [0.05, 0.1) is 11.6 Å². The van der Waals surface area contributed by atoms with Gasteiger partial charge in [0, 0.05) is 31.2 Å². The van der Waals surface area contributed by atoms with Gasteiger partial charge in [0.1, 0.15) is 5.75 Å². The van der Waals surface area contributed by atoms with Crippen molar-refractivity contribution in [2.75, 3.05) is 40.0 Å². The zero-order valence-corrected chi connectivity index (χ0v) is 14.8. The number of rotatable bonds is 9. The van der Waals surface area contributed by atoms with Crippen molar-refractivity contribution in [1.29, 1.82) is 0 Å². The van der Waals surface area contributed by atoms with Crippen molar-refractivity contribution in [1.82, 2.24) is 10.6 Å². The van der Waals surface area contributed by atoms with Crippen molar-refractivity contribution in [3.05, 3.63) is 27.7 Å². The Bertz CT molecular complexity index is 436. The van der Waals surface area contributed by atoms with Gasteiger partial charge in [-0.15, -0.1) is 12.4 Å². The highest BCUT2D eigenvalue weighted by Crippen LogP contribution is 2.27. The van der Waals surface area contributed by atoms with Crippen LogP contribution in [0.4, 0.5) is 0 Å². The van der Waals surface area contributed by atoms with Crippen LogP contribution in [0.3, 0.4) is 0 Å². The van der Waals surface area contributed by atoms with Gasteiger partial charge in [0.25, 0.3) is 5.91 Å². The molecule has 0 bridgehead atoms. The van der Waals surface area contributed by atoms with E-state index in [-0.39, 0.29) is 24.9 Å². The van der Waals surface area contributed by atoms with Crippen LogP contribution in [-0.4, -0.2) is 45.9 Å². The molecular formula is C13H19BrCl2N2O3. The number of methoxy groups -OCH3 is 1. The van der Waals surface area contributed by atoms with Crippen molar-refractivity contribution in [2.45, 2.75) is 0 Å². The lowest BCUT2D eigenvalue weighted by Crippen LogP contribution is -2.35. The molecule has 0 aliphatic heterocycles. The molecule has 0 aliphatic rings. The van der Waals surface area contributed by atoms with E-state index in [2.05, 4.69) is 26.6 Å². The molecule has 2 N–H and O–H groups in total. The Balaban J connectivity index is 0.00000400. The van der Waals surface area contributed by atoms with Gasteiger partial charge in [-0.25, -0.2) is 0 Å². The molecule has 5 nitrogen and oxygen atoms in total. The Morgan fingerprint density at radius 1 is 1.33 bits per heavy atom. The van der Waals surface area contributed by atoms with E-state index in [1.165, 1.54) is 0 Å². The molecule has 1 aromatic rings. The first kappa shape index (κ1) is 20.5. The molecule has 0 fully saturated rings. The first-order chi connectivity index (χ1) is 9.63. The second kappa shape index (κ2) is 12.1. The minimum Gasteiger partial charge on any atom is -0.482 e. The van der Waals surface area contributed by atoms with E-state index < -0.39 is 0 Å². The standard InChI is InChI=1S/C13H18BrClN2O3.ClH/c1-19-7-6-16-4-5-17-13(18)9-20-12-3-2-10(14)8-11(12)15;/h2-3,8,16H,4-7,9H2,1H3,(H,17,18);1H. The van der Waals surface area contributed by atoms with Crippen LogP contribution < -0.4 is 15.4 Å². The lowest BCUT2D eigenvalue weighted by atomic mass is 10.3. The summed E-state index contributed by atoms with van der Waals surface area (Å²) in [6.45, 7) is 2.59. The van der Waals surface area contributed by atoms with Gasteiger partial charge in [-0.1, -0.05) is 27.5 Å². The minimum absolute atomic E-state index is 0. The van der Waals surface area contributed by atoms with Crippen LogP contribution in [0.1, 0.15) is 0 Å². The number of carbonyl (C=O) groups is 1. The normalized spacial score (nSPS) is 9.86. The molecular weight excluding hydrogens is 383 g/mol. The minimum atomic E-state index is -0.183. The first-order valence-corrected chi connectivity index (χ1v) is 7.35. The van der Waals surface area contributed by atoms with Crippen molar-refractivity contribution in [3.63, 3.8) is 0 Å². The van der Waals surface area contributed by atoms with Crippen LogP contribution >= 0.6 is 39.9 Å². The van der Waals surface area contributed by atoms with Crippen LogP contribution in [-0.2, 0) is 9.53 Å². The van der Waals surface area contributed by atoms with Gasteiger partial charge < -0.3 is 20.1 Å². The summed E-state index contributed by atoms with van der Waals surface area (Å²) in [5.74, 6) is 0.306. The van der Waals surface area contributed by atoms with Crippen LogP contribution in [0.2, 0.25) is 5.02 Å². The average Bonchev–Trinajstić information content (AvgIpc) is 2.41. The Morgan fingerprint density at radius 2 is 2.10 bits per heavy atom. The van der Waals surface area contributed by atoms with E-state index in [1.807, 2.05) is 0 Å². The fourth-order valence-electron chi connectivity index (χ4n) is 1.38. The highest BCUT2D eigenvalue weighted by Gasteiger charge is 2.05. The maximum absolute atomic E-state index is 11.5. The molecule has 1 amide bonds. The topological polar surface area (TPSA) is 59.6 Å². The maximum atomic E-state index is 11.5. The summed E-state index contributed by atoms with van der Waals surface area (Å²) in [5.41, 5.74) is 0. The number of carbonyl (C=O) groups excluding carboxylic acids is 1. The lowest BCUT2D eigenvalue weighted by molar-refractivity contribution is -0.123. The molecule has 0 aromatic heterocycles. The smallest absolute Gasteiger partial charge is 0.257 e. The molecule has 0 saturated heterocycles. The van der Waals surface area contributed by atoms with Crippen LogP contribution in [0.5, 0.6) is 5.75 Å². The fourth-order valence-corrected chi connectivity index (χ4v) is 2.10. The molecule has 0 atom stereocenters. The molecule has 120 valence electrons. The van der Waals surface area contributed by atoms with Crippen LogP contribution in [0.15, 0.2) is 22.7 Å². The molecule has 8 heteroatoms. The summed E-state index contributed by atoms with van der Waals surface area (Å²) in [6, 6.07) is 5.24. The summed E-state index contributed by atoms with van der Waals surface area (Å²) >= 11 is 9.28. The SMILES string of the molecule is COCCNCCNC(=O)COc1ccc(Br)cc1Cl.Cl. The monoisotopic (exact) mass is 400 g/mol. The van der Waals surface area contributed by atoms with E-state index >= 15 is 0 Å². The second-order valence-corrected chi connectivity index (χ2v) is 5.28. The average molecular weight is 402 g/mol. The number of ether oxygens (including phenoxy) is 2. The van der Waals surface area contributed by atoms with Crippen LogP contribution in [0, 0.1) is 0 Å². The van der Waals surface area contributed by atoms with E-state index in [1.54, 1.807) is 25.3 Å². The van der Waals surface area contributed by atoms with Crippen molar-refractivity contribution in [3.8, 4) is 5.75 Å². The van der Waals surface area contributed by atoms with E-state index in [0.717, 1.165) is 11.0 Å². The second-order valence-electron chi connectivity index (χ2n) is 3.96. The zero-order chi connectivity index (χ0) is 14.8. The molecule has 0 heterocycles.